The van der Waals surface area contributed by atoms with Crippen molar-refractivity contribution in [2.75, 3.05) is 0 Å². The standard InChI is InChI=1S/C7H8ClNO3S/c8-7-3-6(10)2-1-5(7)4-13(9,11)12/h1-3,10H,4H2,(H2,9,11,12). The number of nitrogens with two attached hydrogens (primary N) is 1. The molecule has 1 aromatic carbocycles. The van der Waals surface area contributed by atoms with Gasteiger partial charge >= 0.3 is 0 Å². The minimum atomic E-state index is -3.58. The molecule has 3 N–H and O–H groups in total. The number of hydrogen-bond donors (Lipinski definition) is 2. The fourth-order valence-corrected chi connectivity index (χ4v) is 1.88. The topological polar surface area (TPSA) is 80.4 Å². The first-order chi connectivity index (χ1) is 5.88. The maximum atomic E-state index is 10.7. The molecule has 0 fully saturated rings. The fourth-order valence-electron chi connectivity index (χ4n) is 0.870. The van der Waals surface area contributed by atoms with Gasteiger partial charge in [0.05, 0.1) is 5.75 Å². The van der Waals surface area contributed by atoms with Gasteiger partial charge in [-0.3, -0.25) is 0 Å². The first kappa shape index (κ1) is 10.3. The van der Waals surface area contributed by atoms with Crippen LogP contribution in [0, 0.1) is 0 Å². The molecule has 72 valence electrons. The van der Waals surface area contributed by atoms with E-state index in [0.717, 1.165) is 0 Å². The largest absolute Gasteiger partial charge is 0.508 e. The molecule has 0 heterocycles. The number of phenols is 1. The van der Waals surface area contributed by atoms with Crippen LogP contribution < -0.4 is 5.14 Å². The number of phenolic OH excluding ortho intramolecular Hbond substituents is 1. The van der Waals surface area contributed by atoms with E-state index >= 15 is 0 Å². The van der Waals surface area contributed by atoms with Gasteiger partial charge in [0.15, 0.2) is 0 Å². The molecule has 0 amide bonds. The van der Waals surface area contributed by atoms with E-state index in [9.17, 15) is 8.42 Å². The molecule has 1 aromatic rings. The molecule has 6 heteroatoms. The van der Waals surface area contributed by atoms with Gasteiger partial charge in [-0.1, -0.05) is 17.7 Å². The minimum Gasteiger partial charge on any atom is -0.508 e. The smallest absolute Gasteiger partial charge is 0.213 e. The van der Waals surface area contributed by atoms with Crippen LogP contribution in [-0.2, 0) is 15.8 Å². The zero-order valence-electron chi connectivity index (χ0n) is 6.57. The number of aromatic hydroxyl groups is 1. The van der Waals surface area contributed by atoms with Crippen molar-refractivity contribution in [2.24, 2.45) is 5.14 Å². The third kappa shape index (κ3) is 3.22. The van der Waals surface area contributed by atoms with Crippen LogP contribution in [0.1, 0.15) is 5.56 Å². The maximum absolute atomic E-state index is 10.7. The van der Waals surface area contributed by atoms with Gasteiger partial charge in [-0.15, -0.1) is 0 Å². The van der Waals surface area contributed by atoms with Gasteiger partial charge in [-0.05, 0) is 17.7 Å². The molecule has 0 spiro atoms. The number of sulfonamides is 1. The summed E-state index contributed by atoms with van der Waals surface area (Å²) in [6.45, 7) is 0. The van der Waals surface area contributed by atoms with E-state index in [1.165, 1.54) is 18.2 Å². The lowest BCUT2D eigenvalue weighted by molar-refractivity contribution is 0.475. The third-order valence-corrected chi connectivity index (χ3v) is 2.46. The minimum absolute atomic E-state index is 0.0110. The Morgan fingerprint density at radius 2 is 2.08 bits per heavy atom. The Bertz CT molecular complexity index is 416. The van der Waals surface area contributed by atoms with Crippen molar-refractivity contribution in [1.82, 2.24) is 0 Å². The summed E-state index contributed by atoms with van der Waals surface area (Å²) in [5, 5.41) is 14.0. The summed E-state index contributed by atoms with van der Waals surface area (Å²) in [5.74, 6) is -0.338. The SMILES string of the molecule is NS(=O)(=O)Cc1ccc(O)cc1Cl. The van der Waals surface area contributed by atoms with Crippen molar-refractivity contribution in [3.05, 3.63) is 28.8 Å². The van der Waals surface area contributed by atoms with E-state index in [0.29, 0.717) is 5.56 Å². The summed E-state index contributed by atoms with van der Waals surface area (Å²) >= 11 is 5.66. The van der Waals surface area contributed by atoms with E-state index < -0.39 is 10.0 Å². The summed E-state index contributed by atoms with van der Waals surface area (Å²) in [6, 6.07) is 4.04. The lowest BCUT2D eigenvalue weighted by Crippen LogP contribution is -2.14. The average Bonchev–Trinajstić information content (AvgIpc) is 1.93. The molecule has 0 aliphatic heterocycles. The Balaban J connectivity index is 3.04. The second kappa shape index (κ2) is 3.53. The predicted octanol–water partition coefficient (Wildman–Crippen LogP) is 0.834. The summed E-state index contributed by atoms with van der Waals surface area (Å²) in [7, 11) is -3.58. The third-order valence-electron chi connectivity index (χ3n) is 1.39. The van der Waals surface area contributed by atoms with Gasteiger partial charge in [0.1, 0.15) is 5.75 Å². The van der Waals surface area contributed by atoms with Crippen molar-refractivity contribution in [3.8, 4) is 5.75 Å². The van der Waals surface area contributed by atoms with Crippen molar-refractivity contribution in [2.45, 2.75) is 5.75 Å². The zero-order chi connectivity index (χ0) is 10.1. The molecule has 4 nitrogen and oxygen atoms in total. The molecule has 0 bridgehead atoms. The summed E-state index contributed by atoms with van der Waals surface area (Å²) in [4.78, 5) is 0. The van der Waals surface area contributed by atoms with E-state index in [1.54, 1.807) is 0 Å². The number of hydrogen-bond acceptors (Lipinski definition) is 3. The van der Waals surface area contributed by atoms with Gasteiger partial charge in [-0.25, -0.2) is 13.6 Å². The molecule has 0 saturated carbocycles. The Morgan fingerprint density at radius 3 is 2.54 bits per heavy atom. The average molecular weight is 222 g/mol. The Labute approximate surface area is 81.0 Å². The highest BCUT2D eigenvalue weighted by atomic mass is 35.5. The summed E-state index contributed by atoms with van der Waals surface area (Å²) in [5.41, 5.74) is 0.377. The molecule has 1 rings (SSSR count). The molecule has 0 saturated heterocycles. The van der Waals surface area contributed by atoms with Crippen LogP contribution in [0.2, 0.25) is 5.02 Å². The van der Waals surface area contributed by atoms with E-state index in [-0.39, 0.29) is 16.5 Å². The second-order valence-corrected chi connectivity index (χ2v) is 4.60. The van der Waals surface area contributed by atoms with Gasteiger partial charge in [0.25, 0.3) is 0 Å². The Hall–Kier alpha value is -0.780. The quantitative estimate of drug-likeness (QED) is 0.777. The number of halogens is 1. The lowest BCUT2D eigenvalue weighted by atomic mass is 10.2. The van der Waals surface area contributed by atoms with Gasteiger partial charge in [0.2, 0.25) is 10.0 Å². The van der Waals surface area contributed by atoms with Gasteiger partial charge < -0.3 is 5.11 Å². The molecule has 0 aromatic heterocycles. The van der Waals surface area contributed by atoms with E-state index in [1.807, 2.05) is 0 Å². The highest BCUT2D eigenvalue weighted by Gasteiger charge is 2.08. The first-order valence-corrected chi connectivity index (χ1v) is 5.46. The Kier molecular flexibility index (Phi) is 2.80. The van der Waals surface area contributed by atoms with Crippen molar-refractivity contribution in [1.29, 1.82) is 0 Å². The normalized spacial score (nSPS) is 11.5. The molecule has 0 aliphatic carbocycles. The highest BCUT2D eigenvalue weighted by molar-refractivity contribution is 7.88. The molecular weight excluding hydrogens is 214 g/mol. The van der Waals surface area contributed by atoms with Crippen LogP contribution in [0.3, 0.4) is 0 Å². The number of primary sulfonamides is 1. The molecule has 0 atom stereocenters. The van der Waals surface area contributed by atoms with Crippen molar-refractivity contribution < 1.29 is 13.5 Å². The monoisotopic (exact) mass is 221 g/mol. The van der Waals surface area contributed by atoms with Crippen molar-refractivity contribution in [3.63, 3.8) is 0 Å². The number of benzene rings is 1. The van der Waals surface area contributed by atoms with E-state index in [2.05, 4.69) is 0 Å². The van der Waals surface area contributed by atoms with Crippen LogP contribution in [0.4, 0.5) is 0 Å². The lowest BCUT2D eigenvalue weighted by Gasteiger charge is -2.02. The zero-order valence-corrected chi connectivity index (χ0v) is 8.14. The molecule has 13 heavy (non-hydrogen) atoms. The van der Waals surface area contributed by atoms with Gasteiger partial charge in [-0.2, -0.15) is 0 Å². The highest BCUT2D eigenvalue weighted by Crippen LogP contribution is 2.22. The van der Waals surface area contributed by atoms with Crippen LogP contribution in [0.25, 0.3) is 0 Å². The van der Waals surface area contributed by atoms with Crippen molar-refractivity contribution >= 4 is 21.6 Å². The van der Waals surface area contributed by atoms with Crippen LogP contribution >= 0.6 is 11.6 Å². The molecular formula is C7H8ClNO3S. The summed E-state index contributed by atoms with van der Waals surface area (Å²) in [6.07, 6.45) is 0. The number of rotatable bonds is 2. The van der Waals surface area contributed by atoms with Crippen LogP contribution in [0.15, 0.2) is 18.2 Å². The van der Waals surface area contributed by atoms with E-state index in [4.69, 9.17) is 21.8 Å². The molecule has 0 radical (unpaired) electrons. The Morgan fingerprint density at radius 1 is 1.46 bits per heavy atom. The summed E-state index contributed by atoms with van der Waals surface area (Å²) < 4.78 is 21.4. The second-order valence-electron chi connectivity index (χ2n) is 2.58. The molecule has 0 unspecified atom stereocenters. The fraction of sp³-hybridized carbons (Fsp3) is 0.143. The maximum Gasteiger partial charge on any atom is 0.213 e. The van der Waals surface area contributed by atoms with Gasteiger partial charge in [0, 0.05) is 5.02 Å². The first-order valence-electron chi connectivity index (χ1n) is 3.36. The van der Waals surface area contributed by atoms with Crippen LogP contribution in [-0.4, -0.2) is 13.5 Å². The predicted molar refractivity (Wildman–Crippen MR) is 49.9 cm³/mol. The molecule has 0 aliphatic rings. The van der Waals surface area contributed by atoms with Crippen LogP contribution in [0.5, 0.6) is 5.75 Å².